The molecule has 3 aromatic rings. The highest BCUT2D eigenvalue weighted by Gasteiger charge is 2.56. The van der Waals surface area contributed by atoms with Crippen molar-refractivity contribution in [3.05, 3.63) is 48.2 Å². The summed E-state index contributed by atoms with van der Waals surface area (Å²) in [5.41, 5.74) is 0.927. The molecule has 0 radical (unpaired) electrons. The van der Waals surface area contributed by atoms with E-state index in [1.807, 2.05) is 0 Å². The molecule has 1 aliphatic heterocycles. The van der Waals surface area contributed by atoms with Crippen molar-refractivity contribution >= 4 is 28.5 Å². The van der Waals surface area contributed by atoms with Gasteiger partial charge in [0.2, 0.25) is 11.8 Å². The highest BCUT2D eigenvalue weighted by Crippen LogP contribution is 2.48. The third kappa shape index (κ3) is 5.30. The molecule has 3 heterocycles. The quantitative estimate of drug-likeness (QED) is 0.406. The van der Waals surface area contributed by atoms with Gasteiger partial charge in [-0.25, -0.2) is 9.97 Å². The number of fused-ring (bicyclic) bond motifs is 2. The van der Waals surface area contributed by atoms with Gasteiger partial charge in [-0.15, -0.1) is 0 Å². The largest absolute Gasteiger partial charge is 0.486 e. The number of ketones is 1. The Morgan fingerprint density at radius 3 is 2.70 bits per heavy atom. The van der Waals surface area contributed by atoms with E-state index in [-0.39, 0.29) is 54.6 Å². The number of rotatable bonds is 9. The number of nitrogens with zero attached hydrogens (tertiary/aromatic N) is 5. The van der Waals surface area contributed by atoms with Crippen LogP contribution >= 0.6 is 0 Å². The highest BCUT2D eigenvalue weighted by atomic mass is 16.5. The van der Waals surface area contributed by atoms with Gasteiger partial charge < -0.3 is 19.7 Å². The fourth-order valence-corrected chi connectivity index (χ4v) is 6.23. The number of methoxy groups -OCH3 is 1. The lowest BCUT2D eigenvalue weighted by Crippen LogP contribution is -2.52. The van der Waals surface area contributed by atoms with E-state index in [2.05, 4.69) is 20.4 Å². The van der Waals surface area contributed by atoms with Crippen LogP contribution in [0.3, 0.4) is 0 Å². The average Bonchev–Trinajstić information content (AvgIpc) is 3.47. The molecule has 3 fully saturated rings. The predicted octanol–water partition coefficient (Wildman–Crippen LogP) is 2.67. The fraction of sp³-hybridized carbons (Fsp3) is 0.517. The molecule has 0 spiro atoms. The van der Waals surface area contributed by atoms with Crippen LogP contribution in [-0.4, -0.2) is 73.6 Å². The van der Waals surface area contributed by atoms with Crippen molar-refractivity contribution in [2.45, 2.75) is 82.8 Å². The lowest BCUT2D eigenvalue weighted by Gasteiger charge is -2.32. The zero-order valence-electron chi connectivity index (χ0n) is 22.8. The van der Waals surface area contributed by atoms with Crippen molar-refractivity contribution in [1.29, 1.82) is 0 Å². The van der Waals surface area contributed by atoms with Gasteiger partial charge in [0.15, 0.2) is 11.6 Å². The molecule has 0 unspecified atom stereocenters. The van der Waals surface area contributed by atoms with E-state index in [4.69, 9.17) is 9.47 Å². The van der Waals surface area contributed by atoms with E-state index in [9.17, 15) is 14.4 Å². The molecule has 210 valence electrons. The monoisotopic (exact) mass is 546 g/mol. The van der Waals surface area contributed by atoms with E-state index in [1.54, 1.807) is 53.4 Å². The summed E-state index contributed by atoms with van der Waals surface area (Å²) >= 11 is 0. The Labute approximate surface area is 232 Å². The minimum atomic E-state index is -0.478. The van der Waals surface area contributed by atoms with E-state index in [0.29, 0.717) is 34.8 Å². The Morgan fingerprint density at radius 2 is 1.93 bits per heavy atom. The van der Waals surface area contributed by atoms with Crippen LogP contribution in [0.15, 0.2) is 36.7 Å². The number of nitrogens with one attached hydrogen (secondary N) is 1. The second-order valence-corrected chi connectivity index (χ2v) is 11.0. The summed E-state index contributed by atoms with van der Waals surface area (Å²) < 4.78 is 12.9. The van der Waals surface area contributed by atoms with Crippen molar-refractivity contribution in [1.82, 2.24) is 30.0 Å². The van der Waals surface area contributed by atoms with Crippen molar-refractivity contribution in [2.24, 2.45) is 5.92 Å². The van der Waals surface area contributed by atoms with Crippen LogP contribution < -0.4 is 10.1 Å². The summed E-state index contributed by atoms with van der Waals surface area (Å²) in [6, 6.07) is 6.74. The van der Waals surface area contributed by atoms with Crippen molar-refractivity contribution in [2.75, 3.05) is 7.11 Å². The van der Waals surface area contributed by atoms with Gasteiger partial charge in [0.25, 0.3) is 0 Å². The fourth-order valence-electron chi connectivity index (χ4n) is 6.23. The molecule has 2 amide bonds. The number of carbonyl (C=O) groups is 3. The number of likely N-dealkylation sites (tertiary alicyclic amines) is 1. The van der Waals surface area contributed by atoms with Crippen LogP contribution in [-0.2, 0) is 27.5 Å². The van der Waals surface area contributed by atoms with E-state index in [0.717, 1.165) is 32.1 Å². The van der Waals surface area contributed by atoms with E-state index < -0.39 is 6.04 Å². The van der Waals surface area contributed by atoms with Gasteiger partial charge in [-0.05, 0) is 68.7 Å². The zero-order valence-corrected chi connectivity index (χ0v) is 22.8. The Hall–Kier alpha value is -3.86. The number of Topliss-reactive ketones (excluding diaryl/α,β-unsaturated/α-hetero) is 1. The molecule has 1 aromatic carbocycles. The Bertz CT molecular complexity index is 1430. The number of aromatic nitrogens is 4. The molecule has 3 aliphatic rings. The molecule has 1 N–H and O–H groups in total. The van der Waals surface area contributed by atoms with Gasteiger partial charge in [0, 0.05) is 43.9 Å². The third-order valence-electron chi connectivity index (χ3n) is 8.33. The molecule has 5 atom stereocenters. The van der Waals surface area contributed by atoms with Crippen molar-refractivity contribution < 1.29 is 23.9 Å². The van der Waals surface area contributed by atoms with E-state index in [1.165, 1.54) is 6.92 Å². The maximum absolute atomic E-state index is 13.6. The zero-order chi connectivity index (χ0) is 27.8. The van der Waals surface area contributed by atoms with Crippen molar-refractivity contribution in [3.8, 4) is 5.75 Å². The van der Waals surface area contributed by atoms with Crippen LogP contribution in [0, 0.1) is 5.92 Å². The summed E-state index contributed by atoms with van der Waals surface area (Å²) in [6.07, 6.45) is 8.82. The number of ether oxygens (including phenoxy) is 2. The first-order valence-electron chi connectivity index (χ1n) is 14.0. The Morgan fingerprint density at radius 1 is 1.10 bits per heavy atom. The van der Waals surface area contributed by atoms with Crippen LogP contribution in [0.25, 0.3) is 10.9 Å². The summed E-state index contributed by atoms with van der Waals surface area (Å²) in [5, 5.41) is 8.30. The molecule has 2 saturated carbocycles. The molecule has 0 bridgehead atoms. The molecular formula is C29H34N6O5. The highest BCUT2D eigenvalue weighted by molar-refractivity contribution is 6.05. The van der Waals surface area contributed by atoms with Crippen LogP contribution in [0.2, 0.25) is 0 Å². The third-order valence-corrected chi connectivity index (χ3v) is 8.33. The maximum atomic E-state index is 13.6. The molecule has 2 aromatic heterocycles. The Kier molecular flexibility index (Phi) is 7.22. The van der Waals surface area contributed by atoms with Gasteiger partial charge in [-0.2, -0.15) is 5.10 Å². The lowest BCUT2D eigenvalue weighted by atomic mass is 9.92. The Balaban J connectivity index is 1.17. The number of benzene rings is 1. The number of hydrogen-bond donors (Lipinski definition) is 1. The van der Waals surface area contributed by atoms with Crippen LogP contribution in [0.4, 0.5) is 0 Å². The summed E-state index contributed by atoms with van der Waals surface area (Å²) in [6.45, 7) is 1.58. The van der Waals surface area contributed by atoms with Gasteiger partial charge in [-0.1, -0.05) is 0 Å². The second-order valence-electron chi connectivity index (χ2n) is 11.0. The average molecular weight is 547 g/mol. The number of amides is 2. The smallest absolute Gasteiger partial charge is 0.245 e. The second kappa shape index (κ2) is 11.0. The predicted molar refractivity (Wildman–Crippen MR) is 144 cm³/mol. The SMILES string of the molecule is CO[C@@H]1CCC[C@@H](NC(=O)[C@@H]2C[C@H]3C[C@H]3N2C(=O)Cn2nc(C(C)=O)c3cc(OCc4ncccn4)ccc32)C1. The molecule has 1 saturated heterocycles. The van der Waals surface area contributed by atoms with Gasteiger partial charge in [-0.3, -0.25) is 19.1 Å². The molecular weight excluding hydrogens is 512 g/mol. The van der Waals surface area contributed by atoms with Crippen LogP contribution in [0.1, 0.15) is 61.8 Å². The summed E-state index contributed by atoms with van der Waals surface area (Å²) in [4.78, 5) is 49.5. The minimum Gasteiger partial charge on any atom is -0.486 e. The topological polar surface area (TPSA) is 129 Å². The normalized spacial score (nSPS) is 25.4. The molecule has 40 heavy (non-hydrogen) atoms. The van der Waals surface area contributed by atoms with Gasteiger partial charge >= 0.3 is 0 Å². The standard InChI is InChI=1S/C29H34N6O5/c1-17(36)28-22-14-21(40-16-26-30-9-4-10-31-26)7-8-23(22)34(33-28)15-27(37)35-24-11-18(24)12-25(35)29(38)32-19-5-3-6-20(13-19)39-2/h4,7-10,14,18-20,24-25H,3,5-6,11-13,15-16H2,1-2H3,(H,32,38)/t18-,19-,20-,24-,25+/m1/s1. The maximum Gasteiger partial charge on any atom is 0.245 e. The minimum absolute atomic E-state index is 0.0516. The van der Waals surface area contributed by atoms with Crippen LogP contribution in [0.5, 0.6) is 5.75 Å². The van der Waals surface area contributed by atoms with E-state index >= 15 is 0 Å². The molecule has 2 aliphatic carbocycles. The molecule has 6 rings (SSSR count). The first-order valence-corrected chi connectivity index (χ1v) is 14.0. The number of carbonyl (C=O) groups excluding carboxylic acids is 3. The number of hydrogen-bond acceptors (Lipinski definition) is 8. The number of piperidine rings is 1. The summed E-state index contributed by atoms with van der Waals surface area (Å²) in [7, 11) is 1.71. The van der Waals surface area contributed by atoms with Crippen molar-refractivity contribution in [3.63, 3.8) is 0 Å². The summed E-state index contributed by atoms with van der Waals surface area (Å²) in [5.74, 6) is 1.01. The molecule has 11 heteroatoms. The molecule has 11 nitrogen and oxygen atoms in total. The first kappa shape index (κ1) is 26.4. The van der Waals surface area contributed by atoms with Gasteiger partial charge in [0.05, 0.1) is 11.6 Å². The lowest BCUT2D eigenvalue weighted by molar-refractivity contribution is -0.140. The van der Waals surface area contributed by atoms with Gasteiger partial charge in [0.1, 0.15) is 30.6 Å². The first-order chi connectivity index (χ1) is 19.4.